The first-order chi connectivity index (χ1) is 10.0. The Balaban J connectivity index is 2.22. The first kappa shape index (κ1) is 14.5. The lowest BCUT2D eigenvalue weighted by Gasteiger charge is -2.07. The van der Waals surface area contributed by atoms with E-state index in [9.17, 15) is 14.9 Å². The molecule has 3 N–H and O–H groups in total. The number of nitro benzene ring substituents is 1. The number of carbonyl (C=O) groups is 1. The van der Waals surface area contributed by atoms with Crippen LogP contribution in [-0.4, -0.2) is 10.8 Å². The van der Waals surface area contributed by atoms with Crippen LogP contribution in [0.5, 0.6) is 5.75 Å². The molecular formula is C13H13N3O5. The van der Waals surface area contributed by atoms with Gasteiger partial charge in [0, 0.05) is 5.56 Å². The molecule has 110 valence electrons. The maximum Gasteiger partial charge on any atom is 0.313 e. The fraction of sp³-hybridized carbons (Fsp3) is 0.154. The van der Waals surface area contributed by atoms with Crippen LogP contribution >= 0.6 is 0 Å². The molecule has 0 aliphatic rings. The monoisotopic (exact) mass is 291 g/mol. The second kappa shape index (κ2) is 6.06. The quantitative estimate of drug-likeness (QED) is 0.374. The fourth-order valence-corrected chi connectivity index (χ4v) is 1.86. The molecule has 0 aliphatic carbocycles. The van der Waals surface area contributed by atoms with Crippen LogP contribution in [0.3, 0.4) is 0 Å². The number of ether oxygens (including phenoxy) is 1. The summed E-state index contributed by atoms with van der Waals surface area (Å²) < 4.78 is 10.5. The molecule has 2 aromatic rings. The molecule has 8 nitrogen and oxygen atoms in total. The van der Waals surface area contributed by atoms with Crippen LogP contribution in [0.4, 0.5) is 5.69 Å². The normalized spacial score (nSPS) is 10.2. The summed E-state index contributed by atoms with van der Waals surface area (Å²) in [4.78, 5) is 22.0. The number of nitro groups is 1. The van der Waals surface area contributed by atoms with Crippen molar-refractivity contribution in [3.63, 3.8) is 0 Å². The number of nitrogen functional groups attached to an aromatic ring is 1. The van der Waals surface area contributed by atoms with Crippen LogP contribution in [0.2, 0.25) is 0 Å². The Kier molecular flexibility index (Phi) is 4.19. The van der Waals surface area contributed by atoms with E-state index in [0.29, 0.717) is 5.56 Å². The van der Waals surface area contributed by atoms with Crippen molar-refractivity contribution in [3.05, 3.63) is 57.5 Å². The summed E-state index contributed by atoms with van der Waals surface area (Å²) in [7, 11) is 0. The van der Waals surface area contributed by atoms with Crippen LogP contribution in [0.1, 0.15) is 21.7 Å². The van der Waals surface area contributed by atoms with Gasteiger partial charge in [-0.05, 0) is 19.1 Å². The average Bonchev–Trinajstić information content (AvgIpc) is 2.92. The Bertz CT molecular complexity index is 680. The molecule has 0 saturated heterocycles. The van der Waals surface area contributed by atoms with Gasteiger partial charge in [0.05, 0.1) is 16.7 Å². The summed E-state index contributed by atoms with van der Waals surface area (Å²) in [5.74, 6) is 4.86. The Morgan fingerprint density at radius 3 is 2.90 bits per heavy atom. The Labute approximate surface area is 119 Å². The number of carbonyl (C=O) groups excluding carboxylic acids is 1. The standard InChI is InChI=1S/C13H13N3O5/c1-8-3-2-4-10(12(8)16(18)19)21-7-11-9(5-6-20-11)13(17)15-14/h2-6H,7,14H2,1H3,(H,15,17). The molecule has 0 bridgehead atoms. The minimum Gasteiger partial charge on any atom is -0.479 e. The lowest BCUT2D eigenvalue weighted by atomic mass is 10.2. The van der Waals surface area contributed by atoms with Crippen molar-refractivity contribution in [3.8, 4) is 5.75 Å². The SMILES string of the molecule is Cc1cccc(OCc2occc2C(=O)NN)c1[N+](=O)[O-]. The van der Waals surface area contributed by atoms with Gasteiger partial charge in [0.25, 0.3) is 5.91 Å². The van der Waals surface area contributed by atoms with Crippen molar-refractivity contribution in [2.45, 2.75) is 13.5 Å². The predicted octanol–water partition coefficient (Wildman–Crippen LogP) is 1.68. The number of nitrogens with one attached hydrogen (secondary N) is 1. The van der Waals surface area contributed by atoms with E-state index < -0.39 is 10.8 Å². The molecule has 1 aromatic carbocycles. The highest BCUT2D eigenvalue weighted by Crippen LogP contribution is 2.31. The third kappa shape index (κ3) is 3.00. The molecule has 0 unspecified atom stereocenters. The maximum absolute atomic E-state index is 11.5. The van der Waals surface area contributed by atoms with E-state index in [1.807, 2.05) is 5.43 Å². The molecule has 1 heterocycles. The molecule has 0 fully saturated rings. The van der Waals surface area contributed by atoms with Gasteiger partial charge >= 0.3 is 5.69 Å². The topological polar surface area (TPSA) is 121 Å². The Morgan fingerprint density at radius 2 is 2.24 bits per heavy atom. The molecule has 0 radical (unpaired) electrons. The minimum atomic E-state index is -0.527. The maximum atomic E-state index is 11.5. The summed E-state index contributed by atoms with van der Waals surface area (Å²) >= 11 is 0. The summed E-state index contributed by atoms with van der Waals surface area (Å²) in [5, 5.41) is 11.0. The van der Waals surface area contributed by atoms with Gasteiger partial charge in [-0.2, -0.15) is 0 Å². The van der Waals surface area contributed by atoms with Crippen LogP contribution in [-0.2, 0) is 6.61 Å². The first-order valence-corrected chi connectivity index (χ1v) is 5.98. The zero-order chi connectivity index (χ0) is 15.4. The van der Waals surface area contributed by atoms with E-state index in [1.54, 1.807) is 19.1 Å². The second-order valence-corrected chi connectivity index (χ2v) is 4.20. The molecule has 0 spiro atoms. The molecule has 1 amide bonds. The molecule has 0 saturated carbocycles. The number of hydrogen-bond acceptors (Lipinski definition) is 6. The van der Waals surface area contributed by atoms with E-state index >= 15 is 0 Å². The number of hydrogen-bond donors (Lipinski definition) is 2. The fourth-order valence-electron chi connectivity index (χ4n) is 1.86. The summed E-state index contributed by atoms with van der Waals surface area (Å²) in [6.45, 7) is 1.49. The Hall–Kier alpha value is -2.87. The van der Waals surface area contributed by atoms with E-state index in [-0.39, 0.29) is 29.4 Å². The number of furan rings is 1. The van der Waals surface area contributed by atoms with Gasteiger partial charge in [0.1, 0.15) is 6.61 Å². The lowest BCUT2D eigenvalue weighted by molar-refractivity contribution is -0.386. The molecule has 0 aliphatic heterocycles. The van der Waals surface area contributed by atoms with Gasteiger partial charge in [0.15, 0.2) is 11.5 Å². The minimum absolute atomic E-state index is 0.107. The van der Waals surface area contributed by atoms with Crippen molar-refractivity contribution >= 4 is 11.6 Å². The number of para-hydroxylation sites is 1. The number of benzene rings is 1. The van der Waals surface area contributed by atoms with E-state index in [4.69, 9.17) is 15.0 Å². The largest absolute Gasteiger partial charge is 0.479 e. The molecule has 1 aromatic heterocycles. The van der Waals surface area contributed by atoms with Gasteiger partial charge in [-0.3, -0.25) is 20.3 Å². The zero-order valence-electron chi connectivity index (χ0n) is 11.2. The van der Waals surface area contributed by atoms with Crippen LogP contribution in [0.25, 0.3) is 0 Å². The number of hydrazine groups is 1. The van der Waals surface area contributed by atoms with Crippen molar-refractivity contribution in [1.29, 1.82) is 0 Å². The predicted molar refractivity (Wildman–Crippen MR) is 72.5 cm³/mol. The number of nitrogens with zero attached hydrogens (tertiary/aromatic N) is 1. The van der Waals surface area contributed by atoms with Crippen molar-refractivity contribution in [2.75, 3.05) is 0 Å². The van der Waals surface area contributed by atoms with E-state index in [1.165, 1.54) is 18.4 Å². The molecule has 2 rings (SSSR count). The summed E-state index contributed by atoms with van der Waals surface area (Å²) in [6.07, 6.45) is 1.31. The number of nitrogens with two attached hydrogens (primary N) is 1. The average molecular weight is 291 g/mol. The highest BCUT2D eigenvalue weighted by molar-refractivity contribution is 5.94. The molecular weight excluding hydrogens is 278 g/mol. The third-order valence-corrected chi connectivity index (χ3v) is 2.86. The molecule has 8 heteroatoms. The molecule has 21 heavy (non-hydrogen) atoms. The van der Waals surface area contributed by atoms with Gasteiger partial charge in [0.2, 0.25) is 0 Å². The summed E-state index contributed by atoms with van der Waals surface area (Å²) in [6, 6.07) is 6.18. The second-order valence-electron chi connectivity index (χ2n) is 4.20. The van der Waals surface area contributed by atoms with Crippen LogP contribution in [0, 0.1) is 17.0 Å². The van der Waals surface area contributed by atoms with Gasteiger partial charge in [-0.15, -0.1) is 0 Å². The highest BCUT2D eigenvalue weighted by atomic mass is 16.6. The summed E-state index contributed by atoms with van der Waals surface area (Å²) in [5.41, 5.74) is 2.56. The van der Waals surface area contributed by atoms with Gasteiger partial charge < -0.3 is 9.15 Å². The van der Waals surface area contributed by atoms with E-state index in [2.05, 4.69) is 0 Å². The smallest absolute Gasteiger partial charge is 0.313 e. The third-order valence-electron chi connectivity index (χ3n) is 2.86. The van der Waals surface area contributed by atoms with Gasteiger partial charge in [-0.1, -0.05) is 12.1 Å². The number of amides is 1. The number of aryl methyl sites for hydroxylation is 1. The zero-order valence-corrected chi connectivity index (χ0v) is 11.2. The molecule has 0 atom stereocenters. The Morgan fingerprint density at radius 1 is 1.48 bits per heavy atom. The highest BCUT2D eigenvalue weighted by Gasteiger charge is 2.20. The van der Waals surface area contributed by atoms with E-state index in [0.717, 1.165) is 0 Å². The van der Waals surface area contributed by atoms with Crippen molar-refractivity contribution in [1.82, 2.24) is 5.43 Å². The van der Waals surface area contributed by atoms with Gasteiger partial charge in [-0.25, -0.2) is 5.84 Å². The number of rotatable bonds is 5. The first-order valence-electron chi connectivity index (χ1n) is 5.98. The van der Waals surface area contributed by atoms with Crippen LogP contribution < -0.4 is 16.0 Å². The van der Waals surface area contributed by atoms with Crippen molar-refractivity contribution < 1.29 is 18.9 Å². The lowest BCUT2D eigenvalue weighted by Crippen LogP contribution is -2.30. The van der Waals surface area contributed by atoms with Crippen LogP contribution in [0.15, 0.2) is 34.9 Å². The van der Waals surface area contributed by atoms with Crippen molar-refractivity contribution in [2.24, 2.45) is 5.84 Å².